The molecule has 162 valence electrons. The van der Waals surface area contributed by atoms with Crippen LogP contribution in [0.4, 0.5) is 5.69 Å². The highest BCUT2D eigenvalue weighted by Gasteiger charge is 2.39. The van der Waals surface area contributed by atoms with Gasteiger partial charge in [0.15, 0.2) is 0 Å². The fourth-order valence-corrected chi connectivity index (χ4v) is 3.58. The average Bonchev–Trinajstić information content (AvgIpc) is 3.00. The second-order valence-corrected chi connectivity index (χ2v) is 7.90. The van der Waals surface area contributed by atoms with E-state index in [0.717, 1.165) is 11.3 Å². The van der Waals surface area contributed by atoms with Crippen LogP contribution in [-0.2, 0) is 16.1 Å². The molecule has 0 unspecified atom stereocenters. The molecule has 3 aromatic rings. The van der Waals surface area contributed by atoms with Gasteiger partial charge >= 0.3 is 0 Å². The SMILES string of the molecule is Cc1ccccc1NC1=C(c2ccc(OC(C)C)cc2)C(=O)N(Cc2ccccn2)C1=O. The molecule has 0 atom stereocenters. The molecule has 2 aromatic carbocycles. The van der Waals surface area contributed by atoms with Crippen molar-refractivity contribution in [2.24, 2.45) is 0 Å². The van der Waals surface area contributed by atoms with E-state index in [-0.39, 0.29) is 30.2 Å². The molecule has 0 saturated heterocycles. The van der Waals surface area contributed by atoms with Gasteiger partial charge < -0.3 is 10.1 Å². The van der Waals surface area contributed by atoms with Gasteiger partial charge in [-0.3, -0.25) is 19.5 Å². The predicted octanol–water partition coefficient (Wildman–Crippen LogP) is 4.57. The molecule has 1 aromatic heterocycles. The van der Waals surface area contributed by atoms with Crippen molar-refractivity contribution in [3.05, 3.63) is 95.4 Å². The van der Waals surface area contributed by atoms with Crippen molar-refractivity contribution >= 4 is 23.1 Å². The number of amides is 2. The van der Waals surface area contributed by atoms with Gasteiger partial charge in [0.25, 0.3) is 11.8 Å². The Labute approximate surface area is 187 Å². The summed E-state index contributed by atoms with van der Waals surface area (Å²) in [5, 5.41) is 3.22. The highest BCUT2D eigenvalue weighted by molar-refractivity contribution is 6.36. The van der Waals surface area contributed by atoms with Crippen LogP contribution in [0.3, 0.4) is 0 Å². The zero-order chi connectivity index (χ0) is 22.7. The van der Waals surface area contributed by atoms with Crippen molar-refractivity contribution in [2.45, 2.75) is 33.4 Å². The first-order chi connectivity index (χ1) is 15.4. The topological polar surface area (TPSA) is 71.5 Å². The maximum absolute atomic E-state index is 13.4. The van der Waals surface area contributed by atoms with Crippen LogP contribution in [0.15, 0.2) is 78.6 Å². The molecule has 32 heavy (non-hydrogen) atoms. The summed E-state index contributed by atoms with van der Waals surface area (Å²) in [5.74, 6) is -0.0180. The molecule has 0 spiro atoms. The molecule has 0 saturated carbocycles. The molecule has 0 bridgehead atoms. The molecular formula is C26H25N3O3. The number of hydrogen-bond acceptors (Lipinski definition) is 5. The molecule has 4 rings (SSSR count). The molecule has 6 nitrogen and oxygen atoms in total. The lowest BCUT2D eigenvalue weighted by atomic mass is 10.0. The minimum absolute atomic E-state index is 0.0434. The highest BCUT2D eigenvalue weighted by atomic mass is 16.5. The van der Waals surface area contributed by atoms with Crippen molar-refractivity contribution in [2.75, 3.05) is 5.32 Å². The Kier molecular flexibility index (Phi) is 6.03. The number of ether oxygens (including phenoxy) is 1. The molecule has 1 N–H and O–H groups in total. The number of anilines is 1. The maximum atomic E-state index is 13.4. The van der Waals surface area contributed by atoms with Gasteiger partial charge in [-0.05, 0) is 62.2 Å². The highest BCUT2D eigenvalue weighted by Crippen LogP contribution is 2.33. The molecule has 1 aliphatic heterocycles. The first-order valence-electron chi connectivity index (χ1n) is 10.5. The van der Waals surface area contributed by atoms with Crippen LogP contribution < -0.4 is 10.1 Å². The van der Waals surface area contributed by atoms with E-state index in [4.69, 9.17) is 4.74 Å². The summed E-state index contributed by atoms with van der Waals surface area (Å²) in [6.45, 7) is 5.97. The lowest BCUT2D eigenvalue weighted by Gasteiger charge is -2.15. The monoisotopic (exact) mass is 427 g/mol. The van der Waals surface area contributed by atoms with Crippen LogP contribution in [-0.4, -0.2) is 27.8 Å². The van der Waals surface area contributed by atoms with Gasteiger partial charge in [0.2, 0.25) is 0 Å². The molecular weight excluding hydrogens is 402 g/mol. The molecule has 0 radical (unpaired) electrons. The third kappa shape index (κ3) is 4.39. The Morgan fingerprint density at radius 2 is 1.66 bits per heavy atom. The summed E-state index contributed by atoms with van der Waals surface area (Å²) >= 11 is 0. The number of benzene rings is 2. The third-order valence-electron chi connectivity index (χ3n) is 5.13. The van der Waals surface area contributed by atoms with Crippen LogP contribution in [0.5, 0.6) is 5.75 Å². The van der Waals surface area contributed by atoms with Crippen LogP contribution in [0, 0.1) is 6.92 Å². The number of aryl methyl sites for hydroxylation is 1. The lowest BCUT2D eigenvalue weighted by Crippen LogP contribution is -2.32. The number of hydrogen-bond donors (Lipinski definition) is 1. The van der Waals surface area contributed by atoms with Crippen LogP contribution in [0.1, 0.15) is 30.7 Å². The molecule has 2 amide bonds. The second-order valence-electron chi connectivity index (χ2n) is 7.90. The van der Waals surface area contributed by atoms with Gasteiger partial charge in [-0.2, -0.15) is 0 Å². The van der Waals surface area contributed by atoms with Crippen LogP contribution in [0.25, 0.3) is 5.57 Å². The smallest absolute Gasteiger partial charge is 0.278 e. The number of carbonyl (C=O) groups excluding carboxylic acids is 2. The lowest BCUT2D eigenvalue weighted by molar-refractivity contribution is -0.137. The maximum Gasteiger partial charge on any atom is 0.278 e. The number of aromatic nitrogens is 1. The van der Waals surface area contributed by atoms with Crippen molar-refractivity contribution < 1.29 is 14.3 Å². The van der Waals surface area contributed by atoms with E-state index >= 15 is 0 Å². The normalized spacial score (nSPS) is 13.8. The fourth-order valence-electron chi connectivity index (χ4n) is 3.58. The minimum atomic E-state index is -0.374. The Hall–Kier alpha value is -3.93. The number of carbonyl (C=O) groups is 2. The summed E-state index contributed by atoms with van der Waals surface area (Å²) < 4.78 is 5.72. The Bertz CT molecular complexity index is 1170. The van der Waals surface area contributed by atoms with Gasteiger partial charge in [-0.25, -0.2) is 0 Å². The van der Waals surface area contributed by atoms with Gasteiger partial charge in [-0.15, -0.1) is 0 Å². The molecule has 2 heterocycles. The first-order valence-corrected chi connectivity index (χ1v) is 10.5. The van der Waals surface area contributed by atoms with E-state index in [1.165, 1.54) is 4.90 Å². The van der Waals surface area contributed by atoms with E-state index in [1.807, 2.05) is 75.4 Å². The summed E-state index contributed by atoms with van der Waals surface area (Å²) in [7, 11) is 0. The van der Waals surface area contributed by atoms with Gasteiger partial charge in [-0.1, -0.05) is 36.4 Å². The van der Waals surface area contributed by atoms with Gasteiger partial charge in [0.05, 0.1) is 23.9 Å². The summed E-state index contributed by atoms with van der Waals surface area (Å²) in [6.07, 6.45) is 1.69. The van der Waals surface area contributed by atoms with E-state index in [1.54, 1.807) is 18.3 Å². The zero-order valence-corrected chi connectivity index (χ0v) is 18.3. The summed E-state index contributed by atoms with van der Waals surface area (Å²) in [6, 6.07) is 20.3. The number of nitrogens with zero attached hydrogens (tertiary/aromatic N) is 2. The van der Waals surface area contributed by atoms with Crippen molar-refractivity contribution in [3.63, 3.8) is 0 Å². The van der Waals surface area contributed by atoms with Crippen molar-refractivity contribution in [3.8, 4) is 5.75 Å². The molecule has 0 aliphatic carbocycles. The number of rotatable bonds is 7. The predicted molar refractivity (Wildman–Crippen MR) is 124 cm³/mol. The Morgan fingerprint density at radius 1 is 0.938 bits per heavy atom. The van der Waals surface area contributed by atoms with Crippen molar-refractivity contribution in [1.82, 2.24) is 9.88 Å². The number of para-hydroxylation sites is 1. The van der Waals surface area contributed by atoms with Gasteiger partial charge in [0, 0.05) is 11.9 Å². The van der Waals surface area contributed by atoms with Crippen molar-refractivity contribution in [1.29, 1.82) is 0 Å². The minimum Gasteiger partial charge on any atom is -0.491 e. The standard InChI is InChI=1S/C26H25N3O3/c1-17(2)32-21-13-11-19(12-14-21)23-24(28-22-10-5-4-8-18(22)3)26(31)29(25(23)30)16-20-9-6-7-15-27-20/h4-15,17,28H,16H2,1-3H3. The summed E-state index contributed by atoms with van der Waals surface area (Å²) in [5.41, 5.74) is 3.65. The van der Waals surface area contributed by atoms with Crippen LogP contribution in [0.2, 0.25) is 0 Å². The summed E-state index contributed by atoms with van der Waals surface area (Å²) in [4.78, 5) is 32.3. The van der Waals surface area contributed by atoms with E-state index in [2.05, 4.69) is 10.3 Å². The number of nitrogens with one attached hydrogen (secondary N) is 1. The second kappa shape index (κ2) is 9.06. The Balaban J connectivity index is 1.73. The zero-order valence-electron chi connectivity index (χ0n) is 18.3. The Morgan fingerprint density at radius 3 is 2.31 bits per heavy atom. The van der Waals surface area contributed by atoms with Crippen LogP contribution >= 0.6 is 0 Å². The third-order valence-corrected chi connectivity index (χ3v) is 5.13. The van der Waals surface area contributed by atoms with Gasteiger partial charge in [0.1, 0.15) is 11.4 Å². The quantitative estimate of drug-likeness (QED) is 0.559. The van der Waals surface area contributed by atoms with E-state index in [0.29, 0.717) is 22.6 Å². The van der Waals surface area contributed by atoms with E-state index < -0.39 is 0 Å². The number of imide groups is 1. The largest absolute Gasteiger partial charge is 0.491 e. The fraction of sp³-hybridized carbons (Fsp3) is 0.192. The average molecular weight is 428 g/mol. The first kappa shape index (κ1) is 21.3. The molecule has 1 aliphatic rings. The molecule has 6 heteroatoms. The molecule has 0 fully saturated rings. The van der Waals surface area contributed by atoms with E-state index in [9.17, 15) is 9.59 Å². The number of pyridine rings is 1.